The van der Waals surface area contributed by atoms with Crippen LogP contribution in [0.5, 0.6) is 0 Å². The van der Waals surface area contributed by atoms with Crippen LogP contribution in [-0.4, -0.2) is 29.6 Å². The van der Waals surface area contributed by atoms with Crippen molar-refractivity contribution in [2.45, 2.75) is 84.3 Å². The smallest absolute Gasteiger partial charge is 0.241 e. The number of hydrogen-bond acceptors (Lipinski definition) is 2. The Balaban J connectivity index is 1.98. The first-order valence-electron chi connectivity index (χ1n) is 8.16. The second-order valence-electron chi connectivity index (χ2n) is 6.80. The number of nitrogens with one attached hydrogen (secondary N) is 1. The average Bonchev–Trinajstić information content (AvgIpc) is 2.63. The highest BCUT2D eigenvalue weighted by molar-refractivity contribution is 5.84. The van der Waals surface area contributed by atoms with E-state index in [1.807, 2.05) is 0 Å². The molecule has 3 nitrogen and oxygen atoms in total. The van der Waals surface area contributed by atoms with E-state index in [1.54, 1.807) is 0 Å². The van der Waals surface area contributed by atoms with Crippen molar-refractivity contribution in [3.8, 4) is 0 Å². The monoisotopic (exact) mass is 266 g/mol. The predicted octanol–water partition coefficient (Wildman–Crippen LogP) is 3.29. The second kappa shape index (κ2) is 6.25. The third-order valence-corrected chi connectivity index (χ3v) is 4.87. The molecule has 1 N–H and O–H groups in total. The summed E-state index contributed by atoms with van der Waals surface area (Å²) in [5.41, 5.74) is 0.392. The molecule has 0 bridgehead atoms. The van der Waals surface area contributed by atoms with Gasteiger partial charge in [0.1, 0.15) is 0 Å². The molecule has 0 aromatic rings. The Bertz CT molecular complexity index is 312. The zero-order chi connectivity index (χ0) is 13.9. The van der Waals surface area contributed by atoms with Crippen molar-refractivity contribution in [2.75, 3.05) is 6.54 Å². The van der Waals surface area contributed by atoms with Gasteiger partial charge in [-0.15, -0.1) is 0 Å². The SMILES string of the molecule is CCCCC1NC(CCC)N(CC2(C)CCC2)C1=O. The Hall–Kier alpha value is -0.570. The van der Waals surface area contributed by atoms with E-state index in [9.17, 15) is 4.79 Å². The van der Waals surface area contributed by atoms with Crippen molar-refractivity contribution in [1.82, 2.24) is 10.2 Å². The summed E-state index contributed by atoms with van der Waals surface area (Å²) in [5.74, 6) is 0.361. The number of nitrogens with zero attached hydrogens (tertiary/aromatic N) is 1. The van der Waals surface area contributed by atoms with E-state index in [1.165, 1.54) is 25.7 Å². The largest absolute Gasteiger partial charge is 0.325 e. The Morgan fingerprint density at radius 1 is 1.26 bits per heavy atom. The molecule has 19 heavy (non-hydrogen) atoms. The first kappa shape index (κ1) is 14.8. The van der Waals surface area contributed by atoms with Gasteiger partial charge in [0, 0.05) is 6.54 Å². The summed E-state index contributed by atoms with van der Waals surface area (Å²) in [5, 5.41) is 3.57. The van der Waals surface area contributed by atoms with Crippen LogP contribution in [0.1, 0.15) is 72.1 Å². The van der Waals surface area contributed by atoms with Gasteiger partial charge in [0.15, 0.2) is 0 Å². The summed E-state index contributed by atoms with van der Waals surface area (Å²) in [6, 6.07) is 0.0835. The van der Waals surface area contributed by atoms with Crippen LogP contribution in [0.2, 0.25) is 0 Å². The van der Waals surface area contributed by atoms with Gasteiger partial charge in [-0.2, -0.15) is 0 Å². The molecule has 1 saturated carbocycles. The maximum absolute atomic E-state index is 12.6. The Kier molecular flexibility index (Phi) is 4.88. The third-order valence-electron chi connectivity index (χ3n) is 4.87. The van der Waals surface area contributed by atoms with Crippen LogP contribution in [0.4, 0.5) is 0 Å². The van der Waals surface area contributed by atoms with Crippen molar-refractivity contribution in [1.29, 1.82) is 0 Å². The normalized spacial score (nSPS) is 29.6. The molecular formula is C16H30N2O. The highest BCUT2D eigenvalue weighted by Crippen LogP contribution is 2.42. The van der Waals surface area contributed by atoms with Crippen molar-refractivity contribution in [3.05, 3.63) is 0 Å². The van der Waals surface area contributed by atoms with Crippen molar-refractivity contribution in [2.24, 2.45) is 5.41 Å². The lowest BCUT2D eigenvalue weighted by molar-refractivity contribution is -0.132. The van der Waals surface area contributed by atoms with Crippen molar-refractivity contribution < 1.29 is 4.79 Å². The topological polar surface area (TPSA) is 32.3 Å². The average molecular weight is 266 g/mol. The predicted molar refractivity (Wildman–Crippen MR) is 78.8 cm³/mol. The van der Waals surface area contributed by atoms with Gasteiger partial charge in [-0.25, -0.2) is 0 Å². The maximum Gasteiger partial charge on any atom is 0.241 e. The molecule has 2 atom stereocenters. The number of amides is 1. The number of hydrogen-bond donors (Lipinski definition) is 1. The Labute approximate surface area is 118 Å². The van der Waals surface area contributed by atoms with Gasteiger partial charge in [0.05, 0.1) is 12.2 Å². The Morgan fingerprint density at radius 2 is 2.00 bits per heavy atom. The minimum absolute atomic E-state index is 0.0835. The zero-order valence-electron chi connectivity index (χ0n) is 12.9. The Morgan fingerprint density at radius 3 is 2.53 bits per heavy atom. The van der Waals surface area contributed by atoms with E-state index in [0.717, 1.165) is 32.2 Å². The lowest BCUT2D eigenvalue weighted by atomic mass is 9.70. The van der Waals surface area contributed by atoms with Crippen LogP contribution in [0.15, 0.2) is 0 Å². The number of carbonyl (C=O) groups excluding carboxylic acids is 1. The molecule has 0 aromatic heterocycles. The first-order valence-corrected chi connectivity index (χ1v) is 8.16. The van der Waals surface area contributed by atoms with Gasteiger partial charge in [0.25, 0.3) is 0 Å². The molecular weight excluding hydrogens is 236 g/mol. The molecule has 3 heteroatoms. The summed E-state index contributed by atoms with van der Waals surface area (Å²) in [4.78, 5) is 14.7. The molecule has 2 unspecified atom stereocenters. The van der Waals surface area contributed by atoms with Crippen molar-refractivity contribution in [3.63, 3.8) is 0 Å². The van der Waals surface area contributed by atoms with E-state index < -0.39 is 0 Å². The lowest BCUT2D eigenvalue weighted by Crippen LogP contribution is -2.46. The molecule has 2 aliphatic rings. The molecule has 1 amide bonds. The minimum atomic E-state index is 0.0835. The highest BCUT2D eigenvalue weighted by Gasteiger charge is 2.43. The summed E-state index contributed by atoms with van der Waals surface area (Å²) in [7, 11) is 0. The van der Waals surface area contributed by atoms with Crippen LogP contribution in [0.3, 0.4) is 0 Å². The fourth-order valence-corrected chi connectivity index (χ4v) is 3.41. The fraction of sp³-hybridized carbons (Fsp3) is 0.938. The summed E-state index contributed by atoms with van der Waals surface area (Å²) < 4.78 is 0. The van der Waals surface area contributed by atoms with Crippen LogP contribution < -0.4 is 5.32 Å². The molecule has 1 saturated heterocycles. The van der Waals surface area contributed by atoms with Gasteiger partial charge >= 0.3 is 0 Å². The molecule has 0 spiro atoms. The maximum atomic E-state index is 12.6. The fourth-order valence-electron chi connectivity index (χ4n) is 3.41. The molecule has 1 aliphatic carbocycles. The third kappa shape index (κ3) is 3.31. The van der Waals surface area contributed by atoms with Gasteiger partial charge in [-0.05, 0) is 31.1 Å². The molecule has 1 heterocycles. The van der Waals surface area contributed by atoms with Gasteiger partial charge < -0.3 is 4.90 Å². The number of carbonyl (C=O) groups is 1. The van der Waals surface area contributed by atoms with E-state index in [0.29, 0.717) is 11.3 Å². The molecule has 1 aliphatic heterocycles. The zero-order valence-corrected chi connectivity index (χ0v) is 12.9. The van der Waals surface area contributed by atoms with Gasteiger partial charge in [0.2, 0.25) is 5.91 Å². The minimum Gasteiger partial charge on any atom is -0.325 e. The molecule has 0 radical (unpaired) electrons. The van der Waals surface area contributed by atoms with E-state index >= 15 is 0 Å². The van der Waals surface area contributed by atoms with Crippen LogP contribution in [0.25, 0.3) is 0 Å². The summed E-state index contributed by atoms with van der Waals surface area (Å²) in [6.07, 6.45) is 9.74. The number of rotatable bonds is 7. The second-order valence-corrected chi connectivity index (χ2v) is 6.80. The molecule has 110 valence electrons. The standard InChI is InChI=1S/C16H30N2O/c1-4-6-9-13-15(19)18(14(17-13)8-5-2)12-16(3)10-7-11-16/h13-14,17H,4-12H2,1-3H3. The first-order chi connectivity index (χ1) is 9.09. The lowest BCUT2D eigenvalue weighted by Gasteiger charge is -2.42. The van der Waals surface area contributed by atoms with E-state index in [-0.39, 0.29) is 12.2 Å². The van der Waals surface area contributed by atoms with Crippen LogP contribution >= 0.6 is 0 Å². The molecule has 0 aromatic carbocycles. The van der Waals surface area contributed by atoms with Gasteiger partial charge in [-0.3, -0.25) is 10.1 Å². The van der Waals surface area contributed by atoms with E-state index in [2.05, 4.69) is 31.0 Å². The number of unbranched alkanes of at least 4 members (excludes halogenated alkanes) is 1. The van der Waals surface area contributed by atoms with E-state index in [4.69, 9.17) is 0 Å². The summed E-state index contributed by atoms with van der Waals surface area (Å²) >= 11 is 0. The van der Waals surface area contributed by atoms with Crippen LogP contribution in [0, 0.1) is 5.41 Å². The quantitative estimate of drug-likeness (QED) is 0.767. The molecule has 2 fully saturated rings. The van der Waals surface area contributed by atoms with Crippen molar-refractivity contribution >= 4 is 5.91 Å². The highest BCUT2D eigenvalue weighted by atomic mass is 16.2. The summed E-state index contributed by atoms with van der Waals surface area (Å²) in [6.45, 7) is 7.70. The van der Waals surface area contributed by atoms with Crippen LogP contribution in [-0.2, 0) is 4.79 Å². The van der Waals surface area contributed by atoms with Gasteiger partial charge in [-0.1, -0.05) is 46.5 Å². The molecule has 2 rings (SSSR count).